The molecule has 4 heteroatoms. The number of hydrogen-bond acceptors (Lipinski definition) is 1. The SMILES string of the molecule is Cc1cccc(C=N[S@](=O)C(C)(C)C)c1F. The van der Waals surface area contributed by atoms with Crippen LogP contribution in [-0.2, 0) is 11.0 Å². The van der Waals surface area contributed by atoms with Gasteiger partial charge in [-0.05, 0) is 33.3 Å². The van der Waals surface area contributed by atoms with Gasteiger partial charge in [0.05, 0.1) is 4.75 Å². The summed E-state index contributed by atoms with van der Waals surface area (Å²) in [6.45, 7) is 7.17. The van der Waals surface area contributed by atoms with Gasteiger partial charge in [0.15, 0.2) is 0 Å². The molecule has 0 aliphatic rings. The van der Waals surface area contributed by atoms with Crippen LogP contribution in [0.1, 0.15) is 31.9 Å². The molecule has 0 unspecified atom stereocenters. The van der Waals surface area contributed by atoms with Crippen LogP contribution in [0.5, 0.6) is 0 Å². The molecule has 16 heavy (non-hydrogen) atoms. The van der Waals surface area contributed by atoms with Gasteiger partial charge in [0.1, 0.15) is 16.8 Å². The molecule has 0 amide bonds. The number of benzene rings is 1. The molecule has 0 heterocycles. The molecule has 0 saturated carbocycles. The van der Waals surface area contributed by atoms with Gasteiger partial charge in [0, 0.05) is 11.8 Å². The van der Waals surface area contributed by atoms with Crippen LogP contribution in [-0.4, -0.2) is 15.2 Å². The Kier molecular flexibility index (Phi) is 3.97. The van der Waals surface area contributed by atoms with Crippen molar-refractivity contribution in [2.45, 2.75) is 32.4 Å². The molecule has 0 N–H and O–H groups in total. The molecule has 1 atom stereocenters. The lowest BCUT2D eigenvalue weighted by molar-refractivity contribution is 0.616. The predicted molar refractivity (Wildman–Crippen MR) is 66.6 cm³/mol. The highest BCUT2D eigenvalue weighted by molar-refractivity contribution is 7.85. The van der Waals surface area contributed by atoms with Crippen LogP contribution in [0.2, 0.25) is 0 Å². The average Bonchev–Trinajstić information content (AvgIpc) is 2.18. The van der Waals surface area contributed by atoms with E-state index in [1.807, 2.05) is 20.8 Å². The number of halogens is 1. The Balaban J connectivity index is 2.94. The highest BCUT2D eigenvalue weighted by atomic mass is 32.2. The first-order chi connectivity index (χ1) is 7.32. The minimum Gasteiger partial charge on any atom is -0.234 e. The number of rotatable bonds is 2. The Morgan fingerprint density at radius 1 is 1.38 bits per heavy atom. The van der Waals surface area contributed by atoms with Crippen molar-refractivity contribution >= 4 is 17.2 Å². The van der Waals surface area contributed by atoms with Crippen LogP contribution >= 0.6 is 0 Å². The van der Waals surface area contributed by atoms with Crippen LogP contribution < -0.4 is 0 Å². The topological polar surface area (TPSA) is 29.4 Å². The average molecular weight is 241 g/mol. The third-order valence-corrected chi connectivity index (χ3v) is 3.38. The zero-order valence-corrected chi connectivity index (χ0v) is 10.8. The van der Waals surface area contributed by atoms with E-state index in [2.05, 4.69) is 4.40 Å². The molecule has 2 nitrogen and oxygen atoms in total. The minimum absolute atomic E-state index is 0.308. The Bertz CT molecular complexity index is 435. The summed E-state index contributed by atoms with van der Waals surface area (Å²) in [6.07, 6.45) is 1.34. The highest BCUT2D eigenvalue weighted by Crippen LogP contribution is 2.14. The lowest BCUT2D eigenvalue weighted by Crippen LogP contribution is -2.19. The molecule has 0 saturated heterocycles. The zero-order chi connectivity index (χ0) is 12.3. The van der Waals surface area contributed by atoms with E-state index < -0.39 is 15.7 Å². The van der Waals surface area contributed by atoms with Crippen molar-refractivity contribution in [2.75, 3.05) is 0 Å². The molecule has 0 spiro atoms. The van der Waals surface area contributed by atoms with Gasteiger partial charge in [-0.3, -0.25) is 0 Å². The second-order valence-corrected chi connectivity index (χ2v) is 6.51. The molecule has 0 aliphatic carbocycles. The molecule has 88 valence electrons. The van der Waals surface area contributed by atoms with E-state index in [0.717, 1.165) is 0 Å². The van der Waals surface area contributed by atoms with Crippen molar-refractivity contribution in [1.82, 2.24) is 0 Å². The fraction of sp³-hybridized carbons (Fsp3) is 0.417. The third-order valence-electron chi connectivity index (χ3n) is 2.03. The summed E-state index contributed by atoms with van der Waals surface area (Å²) in [7, 11) is -1.35. The van der Waals surface area contributed by atoms with Gasteiger partial charge in [-0.25, -0.2) is 8.60 Å². The third kappa shape index (κ3) is 3.23. The summed E-state index contributed by atoms with van der Waals surface area (Å²) < 4.78 is 28.6. The monoisotopic (exact) mass is 241 g/mol. The Labute approximate surface area is 98.2 Å². The fourth-order valence-corrected chi connectivity index (χ4v) is 1.56. The molecule has 0 fully saturated rings. The summed E-state index contributed by atoms with van der Waals surface area (Å²) >= 11 is 0. The van der Waals surface area contributed by atoms with Crippen molar-refractivity contribution < 1.29 is 8.60 Å². The molecular formula is C12H16FNOS. The van der Waals surface area contributed by atoms with E-state index in [4.69, 9.17) is 0 Å². The van der Waals surface area contributed by atoms with E-state index in [0.29, 0.717) is 11.1 Å². The van der Waals surface area contributed by atoms with Crippen molar-refractivity contribution in [3.63, 3.8) is 0 Å². The summed E-state index contributed by atoms with van der Waals surface area (Å²) in [4.78, 5) is 0. The first kappa shape index (κ1) is 13.0. The van der Waals surface area contributed by atoms with Crippen LogP contribution in [0, 0.1) is 12.7 Å². The second-order valence-electron chi connectivity index (χ2n) is 4.57. The molecule has 1 aromatic rings. The standard InChI is InChI=1S/C12H16FNOS/c1-9-6-5-7-10(11(9)13)8-14-16(15)12(2,3)4/h5-8H,1-4H3/t16-/m1/s1. The highest BCUT2D eigenvalue weighted by Gasteiger charge is 2.18. The van der Waals surface area contributed by atoms with E-state index in [1.54, 1.807) is 25.1 Å². The molecule has 0 aromatic heterocycles. The van der Waals surface area contributed by atoms with E-state index in [1.165, 1.54) is 6.21 Å². The van der Waals surface area contributed by atoms with Crippen molar-refractivity contribution in [1.29, 1.82) is 0 Å². The van der Waals surface area contributed by atoms with Crippen molar-refractivity contribution in [2.24, 2.45) is 4.40 Å². The normalized spacial score (nSPS) is 14.3. The maximum Gasteiger partial charge on any atom is 0.144 e. The number of hydrogen-bond donors (Lipinski definition) is 0. The molecule has 0 radical (unpaired) electrons. The second kappa shape index (κ2) is 4.87. The summed E-state index contributed by atoms with van der Waals surface area (Å²) in [6, 6.07) is 5.05. The van der Waals surface area contributed by atoms with Crippen molar-refractivity contribution in [3.8, 4) is 0 Å². The minimum atomic E-state index is -1.35. The summed E-state index contributed by atoms with van der Waals surface area (Å²) in [5.41, 5.74) is 0.933. The molecule has 1 rings (SSSR count). The van der Waals surface area contributed by atoms with Gasteiger partial charge < -0.3 is 0 Å². The summed E-state index contributed by atoms with van der Waals surface area (Å²) in [5, 5.41) is 0. The Morgan fingerprint density at radius 2 is 2.00 bits per heavy atom. The lowest BCUT2D eigenvalue weighted by Gasteiger charge is -2.12. The van der Waals surface area contributed by atoms with Gasteiger partial charge in [-0.15, -0.1) is 0 Å². The molecule has 0 aliphatic heterocycles. The van der Waals surface area contributed by atoms with Gasteiger partial charge in [-0.1, -0.05) is 18.2 Å². The predicted octanol–water partition coefficient (Wildman–Crippen LogP) is 3.02. The summed E-state index contributed by atoms with van der Waals surface area (Å²) in [5.74, 6) is -0.308. The quantitative estimate of drug-likeness (QED) is 0.732. The maximum absolute atomic E-state index is 13.6. The van der Waals surface area contributed by atoms with Gasteiger partial charge in [0.2, 0.25) is 0 Å². The van der Waals surface area contributed by atoms with Crippen LogP contribution in [0.3, 0.4) is 0 Å². The Morgan fingerprint density at radius 3 is 2.56 bits per heavy atom. The van der Waals surface area contributed by atoms with Crippen LogP contribution in [0.15, 0.2) is 22.6 Å². The van der Waals surface area contributed by atoms with E-state index >= 15 is 0 Å². The van der Waals surface area contributed by atoms with Crippen LogP contribution in [0.4, 0.5) is 4.39 Å². The van der Waals surface area contributed by atoms with Crippen molar-refractivity contribution in [3.05, 3.63) is 35.1 Å². The van der Waals surface area contributed by atoms with E-state index in [9.17, 15) is 8.60 Å². The van der Waals surface area contributed by atoms with Gasteiger partial charge in [0.25, 0.3) is 0 Å². The first-order valence-electron chi connectivity index (χ1n) is 5.03. The van der Waals surface area contributed by atoms with E-state index in [-0.39, 0.29) is 5.82 Å². The van der Waals surface area contributed by atoms with Gasteiger partial charge >= 0.3 is 0 Å². The molecule has 0 bridgehead atoms. The molecule has 1 aromatic carbocycles. The largest absolute Gasteiger partial charge is 0.234 e. The molecular weight excluding hydrogens is 225 g/mol. The number of nitrogens with zero attached hydrogens (tertiary/aromatic N) is 1. The first-order valence-corrected chi connectivity index (χ1v) is 6.14. The van der Waals surface area contributed by atoms with Gasteiger partial charge in [-0.2, -0.15) is 4.40 Å². The zero-order valence-electron chi connectivity index (χ0n) is 9.95. The fourth-order valence-electron chi connectivity index (χ4n) is 1.03. The Hall–Kier alpha value is -1.03. The lowest BCUT2D eigenvalue weighted by atomic mass is 10.1. The smallest absolute Gasteiger partial charge is 0.144 e. The van der Waals surface area contributed by atoms with Crippen LogP contribution in [0.25, 0.3) is 0 Å². The maximum atomic E-state index is 13.6. The number of aryl methyl sites for hydroxylation is 1.